The predicted molar refractivity (Wildman–Crippen MR) is 72.6 cm³/mol. The van der Waals surface area contributed by atoms with Gasteiger partial charge in [-0.05, 0) is 45.7 Å². The average molecular weight is 277 g/mol. The highest BCUT2D eigenvalue weighted by atomic mass is 35.5. The van der Waals surface area contributed by atoms with E-state index >= 15 is 0 Å². The van der Waals surface area contributed by atoms with Crippen LogP contribution >= 0.6 is 24.8 Å². The molecule has 0 saturated carbocycles. The van der Waals surface area contributed by atoms with Crippen LogP contribution in [0.3, 0.4) is 0 Å². The maximum absolute atomic E-state index is 8.56. The molecule has 0 aliphatic carbocycles. The molecule has 0 aliphatic heterocycles. The highest BCUT2D eigenvalue weighted by Crippen LogP contribution is 1.87. The summed E-state index contributed by atoms with van der Waals surface area (Å²) in [7, 11) is 0. The molecular weight excluding hydrogens is 251 g/mol. The van der Waals surface area contributed by atoms with E-state index in [0.29, 0.717) is 6.17 Å². The van der Waals surface area contributed by atoms with Crippen molar-refractivity contribution in [2.24, 2.45) is 0 Å². The fourth-order valence-electron chi connectivity index (χ4n) is 1.18. The lowest BCUT2D eigenvalue weighted by Gasteiger charge is -2.15. The summed E-state index contributed by atoms with van der Waals surface area (Å²) in [5.74, 6) is 0. The summed E-state index contributed by atoms with van der Waals surface area (Å²) in [6.07, 6.45) is 4.07. The largest absolute Gasteiger partial charge is 0.396 e. The van der Waals surface area contributed by atoms with Crippen molar-refractivity contribution in [3.63, 3.8) is 0 Å². The van der Waals surface area contributed by atoms with Crippen molar-refractivity contribution in [2.75, 3.05) is 26.3 Å². The van der Waals surface area contributed by atoms with Crippen molar-refractivity contribution >= 4 is 24.8 Å². The first kappa shape index (κ1) is 21.7. The zero-order valence-corrected chi connectivity index (χ0v) is 11.6. The Kier molecular flexibility index (Phi) is 24.1. The van der Waals surface area contributed by atoms with E-state index in [1.807, 2.05) is 0 Å². The highest BCUT2D eigenvalue weighted by Gasteiger charge is 1.97. The third kappa shape index (κ3) is 16.8. The Morgan fingerprint density at radius 3 is 1.50 bits per heavy atom. The van der Waals surface area contributed by atoms with E-state index in [0.717, 1.165) is 38.8 Å². The molecule has 0 saturated heterocycles. The standard InChI is InChI=1S/C10H24N2O2.2ClH/c1-10(11-6-2-4-8-13)12-7-3-5-9-14;;/h10-14H,2-9H2,1H3;2*1H. The number of hydrogen-bond acceptors (Lipinski definition) is 4. The van der Waals surface area contributed by atoms with Crippen LogP contribution in [0.15, 0.2) is 0 Å². The number of unbranched alkanes of at least 4 members (excludes halogenated alkanes) is 2. The van der Waals surface area contributed by atoms with Gasteiger partial charge in [0, 0.05) is 13.2 Å². The van der Waals surface area contributed by atoms with Gasteiger partial charge in [-0.25, -0.2) is 0 Å². The first-order chi connectivity index (χ1) is 6.81. The number of aliphatic hydroxyl groups is 2. The zero-order chi connectivity index (χ0) is 10.6. The molecule has 0 rings (SSSR count). The maximum Gasteiger partial charge on any atom is 0.0542 e. The van der Waals surface area contributed by atoms with Gasteiger partial charge >= 0.3 is 0 Å². The summed E-state index contributed by atoms with van der Waals surface area (Å²) in [4.78, 5) is 0. The zero-order valence-electron chi connectivity index (χ0n) is 9.95. The van der Waals surface area contributed by atoms with Gasteiger partial charge in [0.1, 0.15) is 0 Å². The molecule has 6 heteroatoms. The van der Waals surface area contributed by atoms with Crippen LogP contribution in [0.2, 0.25) is 0 Å². The van der Waals surface area contributed by atoms with Gasteiger partial charge in [0.05, 0.1) is 6.17 Å². The van der Waals surface area contributed by atoms with Crippen LogP contribution < -0.4 is 10.6 Å². The molecule has 0 unspecified atom stereocenters. The number of nitrogens with one attached hydrogen (secondary N) is 2. The third-order valence-corrected chi connectivity index (χ3v) is 2.07. The Bertz CT molecular complexity index is 109. The SMILES string of the molecule is CC(NCCCCO)NCCCCO.Cl.Cl. The van der Waals surface area contributed by atoms with E-state index in [9.17, 15) is 0 Å². The van der Waals surface area contributed by atoms with Gasteiger partial charge in [0.2, 0.25) is 0 Å². The summed E-state index contributed by atoms with van der Waals surface area (Å²) in [6, 6.07) is 0. The summed E-state index contributed by atoms with van der Waals surface area (Å²) < 4.78 is 0. The Hall–Kier alpha value is 0.420. The summed E-state index contributed by atoms with van der Waals surface area (Å²) in [5, 5.41) is 23.7. The second kappa shape index (κ2) is 17.8. The normalized spacial score (nSPS) is 9.75. The van der Waals surface area contributed by atoms with E-state index in [1.165, 1.54) is 0 Å². The average Bonchev–Trinajstić information content (AvgIpc) is 2.19. The van der Waals surface area contributed by atoms with Crippen LogP contribution in [0.4, 0.5) is 0 Å². The molecule has 0 aromatic rings. The van der Waals surface area contributed by atoms with Gasteiger partial charge in [-0.15, -0.1) is 24.8 Å². The molecule has 0 bridgehead atoms. The molecule has 0 atom stereocenters. The minimum absolute atomic E-state index is 0. The lowest BCUT2D eigenvalue weighted by atomic mass is 10.3. The van der Waals surface area contributed by atoms with Crippen LogP contribution in [0.1, 0.15) is 32.6 Å². The monoisotopic (exact) mass is 276 g/mol. The second-order valence-corrected chi connectivity index (χ2v) is 3.49. The third-order valence-electron chi connectivity index (χ3n) is 2.07. The molecule has 0 aromatic carbocycles. The summed E-state index contributed by atoms with van der Waals surface area (Å²) in [6.45, 7) is 4.52. The van der Waals surface area contributed by atoms with E-state index in [1.54, 1.807) is 0 Å². The molecule has 16 heavy (non-hydrogen) atoms. The molecule has 0 amide bonds. The Labute approximate surface area is 111 Å². The number of aliphatic hydroxyl groups excluding tert-OH is 2. The fourth-order valence-corrected chi connectivity index (χ4v) is 1.18. The van der Waals surface area contributed by atoms with Crippen LogP contribution in [0.25, 0.3) is 0 Å². The van der Waals surface area contributed by atoms with E-state index in [2.05, 4.69) is 17.6 Å². The minimum atomic E-state index is 0. The number of rotatable bonds is 10. The molecule has 0 radical (unpaired) electrons. The van der Waals surface area contributed by atoms with Crippen LogP contribution in [0, 0.1) is 0 Å². The van der Waals surface area contributed by atoms with Crippen molar-refractivity contribution in [3.8, 4) is 0 Å². The summed E-state index contributed by atoms with van der Waals surface area (Å²) >= 11 is 0. The lowest BCUT2D eigenvalue weighted by Crippen LogP contribution is -2.40. The van der Waals surface area contributed by atoms with Crippen molar-refractivity contribution < 1.29 is 10.2 Å². The molecule has 0 fully saturated rings. The van der Waals surface area contributed by atoms with Crippen molar-refractivity contribution in [2.45, 2.75) is 38.8 Å². The second-order valence-electron chi connectivity index (χ2n) is 3.49. The van der Waals surface area contributed by atoms with Crippen molar-refractivity contribution in [1.82, 2.24) is 10.6 Å². The van der Waals surface area contributed by atoms with Crippen LogP contribution in [-0.4, -0.2) is 42.7 Å². The molecule has 0 spiro atoms. The van der Waals surface area contributed by atoms with E-state index in [-0.39, 0.29) is 38.0 Å². The van der Waals surface area contributed by atoms with Crippen LogP contribution in [-0.2, 0) is 0 Å². The molecule has 4 N–H and O–H groups in total. The van der Waals surface area contributed by atoms with Crippen LogP contribution in [0.5, 0.6) is 0 Å². The maximum atomic E-state index is 8.56. The molecule has 102 valence electrons. The van der Waals surface area contributed by atoms with E-state index < -0.39 is 0 Å². The van der Waals surface area contributed by atoms with Gasteiger partial charge in [-0.3, -0.25) is 0 Å². The quantitative estimate of drug-likeness (QED) is 0.354. The number of hydrogen-bond donors (Lipinski definition) is 4. The smallest absolute Gasteiger partial charge is 0.0542 e. The molecule has 0 aliphatic rings. The lowest BCUT2D eigenvalue weighted by molar-refractivity contribution is 0.279. The van der Waals surface area contributed by atoms with Gasteiger partial charge in [-0.2, -0.15) is 0 Å². The summed E-state index contributed by atoms with van der Waals surface area (Å²) in [5.41, 5.74) is 0. The number of halogens is 2. The van der Waals surface area contributed by atoms with Crippen molar-refractivity contribution in [3.05, 3.63) is 0 Å². The molecule has 0 heterocycles. The molecule has 4 nitrogen and oxygen atoms in total. The van der Waals surface area contributed by atoms with Crippen molar-refractivity contribution in [1.29, 1.82) is 0 Å². The van der Waals surface area contributed by atoms with Gasteiger partial charge in [0.15, 0.2) is 0 Å². The molecule has 0 aromatic heterocycles. The minimum Gasteiger partial charge on any atom is -0.396 e. The molecular formula is C10H26Cl2N2O2. The van der Waals surface area contributed by atoms with E-state index in [4.69, 9.17) is 10.2 Å². The highest BCUT2D eigenvalue weighted by molar-refractivity contribution is 5.85. The van der Waals surface area contributed by atoms with Gasteiger partial charge < -0.3 is 20.8 Å². The van der Waals surface area contributed by atoms with Gasteiger partial charge in [-0.1, -0.05) is 0 Å². The topological polar surface area (TPSA) is 64.5 Å². The predicted octanol–water partition coefficient (Wildman–Crippen LogP) is 0.900. The first-order valence-corrected chi connectivity index (χ1v) is 5.49. The fraction of sp³-hybridized carbons (Fsp3) is 1.00. The first-order valence-electron chi connectivity index (χ1n) is 5.49. The Balaban J connectivity index is -0.000000845. The Morgan fingerprint density at radius 1 is 0.812 bits per heavy atom. The van der Waals surface area contributed by atoms with Gasteiger partial charge in [0.25, 0.3) is 0 Å². The Morgan fingerprint density at radius 2 is 1.19 bits per heavy atom.